The standard InChI is InChI=1S/C15H15N3O/c19-15(18-17-10-12-7-4-8-16-12)14-9-13(14)11-5-2-1-3-6-11/h1-8,10,13-14,16H,9H2,(H,18,19)/b17-10+. The fraction of sp³-hybridized carbons (Fsp3) is 0.200. The van der Waals surface area contributed by atoms with Crippen molar-refractivity contribution in [3.63, 3.8) is 0 Å². The molecule has 4 nitrogen and oxygen atoms in total. The lowest BCUT2D eigenvalue weighted by molar-refractivity contribution is -0.122. The number of rotatable bonds is 4. The first-order valence-electron chi connectivity index (χ1n) is 6.36. The van der Waals surface area contributed by atoms with Crippen molar-refractivity contribution in [1.29, 1.82) is 0 Å². The number of carbonyl (C=O) groups is 1. The summed E-state index contributed by atoms with van der Waals surface area (Å²) in [5, 5.41) is 3.95. The number of amides is 1. The van der Waals surface area contributed by atoms with E-state index in [0.717, 1.165) is 12.1 Å². The van der Waals surface area contributed by atoms with E-state index in [-0.39, 0.29) is 11.8 Å². The van der Waals surface area contributed by atoms with Crippen LogP contribution in [0.15, 0.2) is 53.8 Å². The summed E-state index contributed by atoms with van der Waals surface area (Å²) in [6.45, 7) is 0. The summed E-state index contributed by atoms with van der Waals surface area (Å²) in [6.07, 6.45) is 4.33. The van der Waals surface area contributed by atoms with Crippen molar-refractivity contribution >= 4 is 12.1 Å². The number of benzene rings is 1. The largest absolute Gasteiger partial charge is 0.360 e. The molecule has 1 aliphatic rings. The SMILES string of the molecule is O=C(N/N=C/c1ccc[nH]1)C1CC1c1ccccc1. The Bertz CT molecular complexity index is 575. The second-order valence-corrected chi connectivity index (χ2v) is 4.72. The number of hydrogen-bond acceptors (Lipinski definition) is 2. The lowest BCUT2D eigenvalue weighted by Gasteiger charge is -1.99. The van der Waals surface area contributed by atoms with Gasteiger partial charge in [-0.3, -0.25) is 4.79 Å². The van der Waals surface area contributed by atoms with E-state index in [1.807, 2.05) is 36.5 Å². The Morgan fingerprint density at radius 1 is 1.26 bits per heavy atom. The minimum Gasteiger partial charge on any atom is -0.360 e. The molecular weight excluding hydrogens is 238 g/mol. The van der Waals surface area contributed by atoms with Gasteiger partial charge in [-0.15, -0.1) is 0 Å². The topological polar surface area (TPSA) is 57.2 Å². The van der Waals surface area contributed by atoms with Crippen molar-refractivity contribution in [2.75, 3.05) is 0 Å². The zero-order valence-corrected chi connectivity index (χ0v) is 10.4. The Hall–Kier alpha value is -2.36. The van der Waals surface area contributed by atoms with Crippen molar-refractivity contribution < 1.29 is 4.79 Å². The molecule has 0 radical (unpaired) electrons. The fourth-order valence-electron chi connectivity index (χ4n) is 2.23. The summed E-state index contributed by atoms with van der Waals surface area (Å²) in [7, 11) is 0. The van der Waals surface area contributed by atoms with Gasteiger partial charge < -0.3 is 4.98 Å². The van der Waals surface area contributed by atoms with Gasteiger partial charge in [0.1, 0.15) is 0 Å². The first kappa shape index (κ1) is 11.7. The molecule has 2 aromatic rings. The average molecular weight is 253 g/mol. The Morgan fingerprint density at radius 2 is 2.11 bits per heavy atom. The Morgan fingerprint density at radius 3 is 2.84 bits per heavy atom. The minimum absolute atomic E-state index is 0.00309. The van der Waals surface area contributed by atoms with Crippen LogP contribution in [0, 0.1) is 5.92 Å². The fourth-order valence-corrected chi connectivity index (χ4v) is 2.23. The van der Waals surface area contributed by atoms with Crippen LogP contribution in [0.3, 0.4) is 0 Å². The van der Waals surface area contributed by atoms with Gasteiger partial charge in [0, 0.05) is 12.1 Å². The summed E-state index contributed by atoms with van der Waals surface area (Å²) < 4.78 is 0. The van der Waals surface area contributed by atoms with Crippen LogP contribution in [0.1, 0.15) is 23.6 Å². The lowest BCUT2D eigenvalue weighted by atomic mass is 10.1. The molecule has 96 valence electrons. The number of hydrogen-bond donors (Lipinski definition) is 2. The molecule has 2 atom stereocenters. The van der Waals surface area contributed by atoms with E-state index in [9.17, 15) is 4.79 Å². The zero-order chi connectivity index (χ0) is 13.1. The number of carbonyl (C=O) groups excluding carboxylic acids is 1. The first-order valence-corrected chi connectivity index (χ1v) is 6.36. The van der Waals surface area contributed by atoms with Crippen molar-refractivity contribution in [3.8, 4) is 0 Å². The van der Waals surface area contributed by atoms with Crippen LogP contribution in [0.25, 0.3) is 0 Å². The van der Waals surface area contributed by atoms with Gasteiger partial charge >= 0.3 is 0 Å². The third-order valence-electron chi connectivity index (χ3n) is 3.36. The van der Waals surface area contributed by atoms with Gasteiger partial charge in [0.15, 0.2) is 0 Å². The third-order valence-corrected chi connectivity index (χ3v) is 3.36. The molecule has 1 amide bonds. The highest BCUT2D eigenvalue weighted by molar-refractivity contribution is 5.84. The summed E-state index contributed by atoms with van der Waals surface area (Å²) in [5.41, 5.74) is 4.70. The normalized spacial score (nSPS) is 21.5. The Balaban J connectivity index is 1.53. The van der Waals surface area contributed by atoms with Crippen LogP contribution < -0.4 is 5.43 Å². The quantitative estimate of drug-likeness (QED) is 0.637. The average Bonchev–Trinajstić information content (AvgIpc) is 3.09. The zero-order valence-electron chi connectivity index (χ0n) is 10.4. The van der Waals surface area contributed by atoms with E-state index in [1.165, 1.54) is 5.56 Å². The van der Waals surface area contributed by atoms with E-state index < -0.39 is 0 Å². The molecule has 1 fully saturated rings. The molecule has 0 saturated heterocycles. The molecule has 1 saturated carbocycles. The molecule has 1 aromatic heterocycles. The second-order valence-electron chi connectivity index (χ2n) is 4.72. The molecule has 1 aromatic carbocycles. The lowest BCUT2D eigenvalue weighted by Crippen LogP contribution is -2.20. The van der Waals surface area contributed by atoms with Crippen LogP contribution in [0.2, 0.25) is 0 Å². The highest BCUT2D eigenvalue weighted by Gasteiger charge is 2.43. The van der Waals surface area contributed by atoms with E-state index >= 15 is 0 Å². The molecule has 2 N–H and O–H groups in total. The Kier molecular flexibility index (Phi) is 3.14. The van der Waals surface area contributed by atoms with Crippen molar-refractivity contribution in [3.05, 3.63) is 59.9 Å². The molecule has 1 aliphatic carbocycles. The van der Waals surface area contributed by atoms with Crippen LogP contribution in [0.4, 0.5) is 0 Å². The molecule has 2 unspecified atom stereocenters. The van der Waals surface area contributed by atoms with E-state index in [4.69, 9.17) is 0 Å². The summed E-state index contributed by atoms with van der Waals surface area (Å²) in [5.74, 6) is 0.404. The molecule has 0 spiro atoms. The summed E-state index contributed by atoms with van der Waals surface area (Å²) in [6, 6.07) is 13.9. The van der Waals surface area contributed by atoms with Gasteiger partial charge in [-0.1, -0.05) is 30.3 Å². The van der Waals surface area contributed by atoms with Gasteiger partial charge in [0.2, 0.25) is 5.91 Å². The molecule has 4 heteroatoms. The third kappa shape index (κ3) is 2.73. The number of hydrazone groups is 1. The monoisotopic (exact) mass is 253 g/mol. The van der Waals surface area contributed by atoms with E-state index in [0.29, 0.717) is 5.92 Å². The summed E-state index contributed by atoms with van der Waals surface area (Å²) >= 11 is 0. The Labute approximate surface area is 111 Å². The van der Waals surface area contributed by atoms with Crippen molar-refractivity contribution in [1.82, 2.24) is 10.4 Å². The molecule has 19 heavy (non-hydrogen) atoms. The van der Waals surface area contributed by atoms with Crippen molar-refractivity contribution in [2.24, 2.45) is 11.0 Å². The number of aromatic amines is 1. The van der Waals surface area contributed by atoms with Crippen LogP contribution in [0.5, 0.6) is 0 Å². The van der Waals surface area contributed by atoms with Gasteiger partial charge in [0.25, 0.3) is 0 Å². The number of H-pyrrole nitrogens is 1. The molecule has 0 bridgehead atoms. The van der Waals surface area contributed by atoms with Crippen LogP contribution in [-0.2, 0) is 4.79 Å². The molecule has 3 rings (SSSR count). The van der Waals surface area contributed by atoms with Gasteiger partial charge in [-0.05, 0) is 30.0 Å². The number of nitrogens with one attached hydrogen (secondary N) is 2. The maximum Gasteiger partial charge on any atom is 0.243 e. The molecule has 1 heterocycles. The molecule has 0 aliphatic heterocycles. The van der Waals surface area contributed by atoms with E-state index in [1.54, 1.807) is 6.21 Å². The maximum absolute atomic E-state index is 11.9. The second kappa shape index (κ2) is 5.10. The number of aromatic nitrogens is 1. The highest BCUT2D eigenvalue weighted by atomic mass is 16.2. The maximum atomic E-state index is 11.9. The van der Waals surface area contributed by atoms with E-state index in [2.05, 4.69) is 27.6 Å². The number of nitrogens with zero attached hydrogens (tertiary/aromatic N) is 1. The first-order chi connectivity index (χ1) is 9.34. The van der Waals surface area contributed by atoms with Crippen LogP contribution >= 0.6 is 0 Å². The molecular formula is C15H15N3O. The van der Waals surface area contributed by atoms with Gasteiger partial charge in [0.05, 0.1) is 11.9 Å². The smallest absolute Gasteiger partial charge is 0.243 e. The van der Waals surface area contributed by atoms with Gasteiger partial charge in [-0.25, -0.2) is 5.43 Å². The summed E-state index contributed by atoms with van der Waals surface area (Å²) in [4.78, 5) is 14.9. The van der Waals surface area contributed by atoms with Gasteiger partial charge in [-0.2, -0.15) is 5.10 Å². The predicted molar refractivity (Wildman–Crippen MR) is 73.8 cm³/mol. The highest BCUT2D eigenvalue weighted by Crippen LogP contribution is 2.47. The van der Waals surface area contributed by atoms with Crippen molar-refractivity contribution in [2.45, 2.75) is 12.3 Å². The predicted octanol–water partition coefficient (Wildman–Crippen LogP) is 2.27. The minimum atomic E-state index is -0.00309. The van der Waals surface area contributed by atoms with Crippen LogP contribution in [-0.4, -0.2) is 17.1 Å².